The zero-order valence-electron chi connectivity index (χ0n) is 40.5. The van der Waals surface area contributed by atoms with E-state index < -0.39 is 18.7 Å². The molecular formula is C51H69FeN6O9. The van der Waals surface area contributed by atoms with Crippen LogP contribution in [0.1, 0.15) is 72.6 Å². The van der Waals surface area contributed by atoms with E-state index in [1.54, 1.807) is 18.2 Å². The molecule has 67 heavy (non-hydrogen) atoms. The maximum absolute atomic E-state index is 12.4. The molecule has 1 radical (unpaired) electrons. The molecule has 0 amide bonds. The largest absolute Gasteiger partial charge is 3.00 e. The van der Waals surface area contributed by atoms with Crippen molar-refractivity contribution in [2.75, 3.05) is 57.0 Å². The van der Waals surface area contributed by atoms with Crippen LogP contribution in [0.3, 0.4) is 0 Å². The number of carbonyl (C=O) groups excluding carboxylic acids is 3. The summed E-state index contributed by atoms with van der Waals surface area (Å²) in [6, 6.07) is 22.4. The van der Waals surface area contributed by atoms with Crippen molar-refractivity contribution in [3.05, 3.63) is 177 Å². The van der Waals surface area contributed by atoms with Gasteiger partial charge in [0.15, 0.2) is 17.3 Å². The van der Waals surface area contributed by atoms with E-state index in [2.05, 4.69) is 16.4 Å². The van der Waals surface area contributed by atoms with Crippen molar-refractivity contribution in [3.63, 3.8) is 0 Å². The van der Waals surface area contributed by atoms with Crippen molar-refractivity contribution in [2.24, 2.45) is 17.8 Å². The summed E-state index contributed by atoms with van der Waals surface area (Å²) in [7, 11) is 11.7. The molecule has 0 aliphatic rings. The molecule has 6 atom stereocenters. The van der Waals surface area contributed by atoms with Gasteiger partial charge in [-0.05, 0) is 93.6 Å². The van der Waals surface area contributed by atoms with Crippen LogP contribution in [0.4, 0.5) is 17.1 Å². The van der Waals surface area contributed by atoms with Crippen molar-refractivity contribution in [2.45, 2.75) is 60.2 Å². The molecule has 0 heterocycles. The number of aliphatic hydroxyl groups excluding tert-OH is 3. The molecule has 0 bridgehead atoms. The second-order valence-electron chi connectivity index (χ2n) is 16.2. The zero-order chi connectivity index (χ0) is 50.1. The minimum atomic E-state index is -1.24. The fourth-order valence-corrected chi connectivity index (χ4v) is 5.97. The topological polar surface area (TPSA) is 225 Å². The SMILES string of the molecule is CC(C=CC(O)[N-]O)=CC(C)C(=O)c1ccc(N(C)C)cc1.CC(C=CC(O)[N-]O)=CC(C)C(=O)c1ccc(N(C)C)cc1.CC(C=CC(O)[N-]O)=CC(C)C(=O)c1ccc(N(C)C)cc1.[Fe+3]. The first-order chi connectivity index (χ1) is 31.0. The summed E-state index contributed by atoms with van der Waals surface area (Å²) in [6.07, 6.45) is 10.6. The average Bonchev–Trinajstić information content (AvgIpc) is 3.31. The Morgan fingerprint density at radius 3 is 0.791 bits per heavy atom. The minimum absolute atomic E-state index is 0. The first-order valence-corrected chi connectivity index (χ1v) is 21.2. The number of benzene rings is 3. The van der Waals surface area contributed by atoms with Gasteiger partial charge in [-0.15, -0.1) is 0 Å². The average molecular weight is 966 g/mol. The van der Waals surface area contributed by atoms with Gasteiger partial charge in [0, 0.05) is 112 Å². The van der Waals surface area contributed by atoms with Gasteiger partial charge in [0.25, 0.3) is 0 Å². The molecule has 3 aromatic carbocycles. The third-order valence-corrected chi connectivity index (χ3v) is 9.73. The Kier molecular flexibility index (Phi) is 29.8. The summed E-state index contributed by atoms with van der Waals surface area (Å²) in [6.45, 7) is 10.9. The summed E-state index contributed by atoms with van der Waals surface area (Å²) in [5.74, 6) is -0.740. The van der Waals surface area contributed by atoms with Crippen LogP contribution in [0.2, 0.25) is 0 Å². The molecule has 0 aliphatic carbocycles. The third-order valence-electron chi connectivity index (χ3n) is 9.73. The van der Waals surface area contributed by atoms with Crippen LogP contribution in [0, 0.1) is 17.8 Å². The Morgan fingerprint density at radius 1 is 0.433 bits per heavy atom. The monoisotopic (exact) mass is 965 g/mol. The second-order valence-corrected chi connectivity index (χ2v) is 16.2. The number of ketones is 3. The van der Waals surface area contributed by atoms with Crippen LogP contribution in [-0.2, 0) is 17.1 Å². The summed E-state index contributed by atoms with van der Waals surface area (Å²) < 4.78 is 0. The minimum Gasteiger partial charge on any atom is -0.509 e. The van der Waals surface area contributed by atoms with Gasteiger partial charge in [-0.2, -0.15) is 0 Å². The Balaban J connectivity index is 0.000000968. The quantitative estimate of drug-likeness (QED) is 0.0254. The Hall–Kier alpha value is -5.33. The number of Topliss-reactive ketones (excluding diaryl/α,β-unsaturated/α-hetero) is 3. The molecule has 15 nitrogen and oxygen atoms in total. The smallest absolute Gasteiger partial charge is 0.509 e. The number of carbonyl (C=O) groups is 3. The number of allylic oxidation sites excluding steroid dienone is 9. The van der Waals surface area contributed by atoms with E-state index in [0.29, 0.717) is 16.7 Å². The maximum atomic E-state index is 12.4. The van der Waals surface area contributed by atoms with E-state index in [1.165, 1.54) is 18.2 Å². The number of anilines is 3. The maximum Gasteiger partial charge on any atom is 3.00 e. The van der Waals surface area contributed by atoms with Gasteiger partial charge in [0.05, 0.1) is 0 Å². The van der Waals surface area contributed by atoms with Crippen molar-refractivity contribution in [3.8, 4) is 0 Å². The molecule has 3 aromatic rings. The van der Waals surface area contributed by atoms with Crippen LogP contribution in [0.15, 0.2) is 144 Å². The molecule has 16 heteroatoms. The van der Waals surface area contributed by atoms with Crippen LogP contribution >= 0.6 is 0 Å². The third kappa shape index (κ3) is 23.8. The first-order valence-electron chi connectivity index (χ1n) is 21.2. The molecule has 0 aliphatic heterocycles. The summed E-state index contributed by atoms with van der Waals surface area (Å²) in [5.41, 5.74) is 15.7. The van der Waals surface area contributed by atoms with Crippen LogP contribution < -0.4 is 14.7 Å². The van der Waals surface area contributed by atoms with Crippen molar-refractivity contribution in [1.29, 1.82) is 0 Å². The van der Waals surface area contributed by atoms with E-state index >= 15 is 0 Å². The molecule has 0 aromatic heterocycles. The molecule has 0 saturated heterocycles. The standard InChI is InChI=1S/3C17H23N2O3.Fe/c3*1-12(5-10-16(20)18-22)11-13(2)17(21)14-6-8-15(9-7-14)19(3)4;/h3*5-11,13,16,20,22H,1-4H3;/q3*-1;+3. The molecule has 365 valence electrons. The van der Waals surface area contributed by atoms with E-state index in [-0.39, 0.29) is 52.2 Å². The number of hydrogen-bond acceptors (Lipinski definition) is 12. The summed E-state index contributed by atoms with van der Waals surface area (Å²) >= 11 is 0. The first kappa shape index (κ1) is 61.7. The van der Waals surface area contributed by atoms with Gasteiger partial charge in [0.1, 0.15) is 0 Å². The molecule has 6 unspecified atom stereocenters. The fourth-order valence-electron chi connectivity index (χ4n) is 5.97. The van der Waals surface area contributed by atoms with E-state index in [0.717, 1.165) is 33.8 Å². The predicted octanol–water partition coefficient (Wildman–Crippen LogP) is 9.46. The number of hydroxylamine groups is 3. The van der Waals surface area contributed by atoms with Gasteiger partial charge in [-0.3, -0.25) is 14.4 Å². The van der Waals surface area contributed by atoms with Gasteiger partial charge < -0.3 is 62.1 Å². The number of hydrogen-bond donors (Lipinski definition) is 6. The molecule has 0 fully saturated rings. The molecule has 6 N–H and O–H groups in total. The van der Waals surface area contributed by atoms with Crippen LogP contribution in [-0.4, -0.2) is 109 Å². The van der Waals surface area contributed by atoms with E-state index in [4.69, 9.17) is 30.9 Å². The number of rotatable bonds is 21. The Morgan fingerprint density at radius 2 is 0.627 bits per heavy atom. The summed E-state index contributed by atoms with van der Waals surface area (Å²) in [4.78, 5) is 43.0. The van der Waals surface area contributed by atoms with Crippen molar-refractivity contribution >= 4 is 34.4 Å². The van der Waals surface area contributed by atoms with Gasteiger partial charge in [-0.25, -0.2) is 0 Å². The number of aliphatic hydroxyl groups is 3. The summed E-state index contributed by atoms with van der Waals surface area (Å²) in [5, 5.41) is 52.4. The molecule has 3 rings (SSSR count). The van der Waals surface area contributed by atoms with Gasteiger partial charge in [-0.1, -0.05) is 92.2 Å². The second kappa shape index (κ2) is 32.4. The Bertz CT molecular complexity index is 1890. The van der Waals surface area contributed by atoms with Gasteiger partial charge >= 0.3 is 17.1 Å². The van der Waals surface area contributed by atoms with Crippen molar-refractivity contribution in [1.82, 2.24) is 0 Å². The van der Waals surface area contributed by atoms with E-state index in [1.807, 2.05) is 190 Å². The van der Waals surface area contributed by atoms with Gasteiger partial charge in [0.2, 0.25) is 0 Å². The molecular weight excluding hydrogens is 896 g/mol. The number of nitrogens with zero attached hydrogens (tertiary/aromatic N) is 6. The fraction of sp³-hybridized carbons (Fsp3) is 0.353. The van der Waals surface area contributed by atoms with Crippen LogP contribution in [0.5, 0.6) is 0 Å². The zero-order valence-corrected chi connectivity index (χ0v) is 41.6. The van der Waals surface area contributed by atoms with Crippen molar-refractivity contribution < 1.29 is 62.4 Å². The normalized spacial score (nSPS) is 14.7. The van der Waals surface area contributed by atoms with Crippen LogP contribution in [0.25, 0.3) is 16.4 Å². The Labute approximate surface area is 407 Å². The molecule has 0 spiro atoms. The predicted molar refractivity (Wildman–Crippen MR) is 265 cm³/mol. The van der Waals surface area contributed by atoms with E-state index in [9.17, 15) is 14.4 Å². The molecule has 0 saturated carbocycles.